The van der Waals surface area contributed by atoms with Crippen LogP contribution in [0.1, 0.15) is 57.6 Å². The van der Waals surface area contributed by atoms with Crippen LogP contribution in [0.2, 0.25) is 0 Å². The van der Waals surface area contributed by atoms with Gasteiger partial charge in [0.2, 0.25) is 5.91 Å². The summed E-state index contributed by atoms with van der Waals surface area (Å²) >= 11 is 0. The zero-order chi connectivity index (χ0) is 18.4. The molecule has 25 heavy (non-hydrogen) atoms. The number of carbonyl (C=O) groups is 2. The highest BCUT2D eigenvalue weighted by Crippen LogP contribution is 2.29. The first-order valence-corrected chi connectivity index (χ1v) is 8.97. The molecule has 0 aliphatic heterocycles. The molecule has 2 N–H and O–H groups in total. The monoisotopic (exact) mass is 347 g/mol. The maximum atomic E-state index is 12.4. The van der Waals surface area contributed by atoms with Gasteiger partial charge in [0.1, 0.15) is 0 Å². The van der Waals surface area contributed by atoms with Gasteiger partial charge in [-0.25, -0.2) is 0 Å². The van der Waals surface area contributed by atoms with Gasteiger partial charge in [0, 0.05) is 12.5 Å². The van der Waals surface area contributed by atoms with Gasteiger partial charge in [-0.3, -0.25) is 9.59 Å². The highest BCUT2D eigenvalue weighted by Gasteiger charge is 2.30. The van der Waals surface area contributed by atoms with Crippen LogP contribution in [0, 0.1) is 11.8 Å². The van der Waals surface area contributed by atoms with Crippen molar-refractivity contribution < 1.29 is 19.4 Å². The molecule has 0 bridgehead atoms. The average molecular weight is 347 g/mol. The zero-order valence-corrected chi connectivity index (χ0v) is 15.4. The van der Waals surface area contributed by atoms with E-state index in [-0.39, 0.29) is 23.3 Å². The molecule has 138 valence electrons. The van der Waals surface area contributed by atoms with Crippen molar-refractivity contribution in [2.45, 2.75) is 65.2 Å². The lowest BCUT2D eigenvalue weighted by atomic mass is 9.81. The van der Waals surface area contributed by atoms with Gasteiger partial charge in [0.15, 0.2) is 0 Å². The molecular formula is C20H29NO4. The van der Waals surface area contributed by atoms with Crippen LogP contribution in [0.4, 0.5) is 0 Å². The van der Waals surface area contributed by atoms with Crippen molar-refractivity contribution in [1.29, 1.82) is 0 Å². The van der Waals surface area contributed by atoms with Gasteiger partial charge >= 0.3 is 5.97 Å². The van der Waals surface area contributed by atoms with E-state index in [1.807, 2.05) is 45.0 Å². The van der Waals surface area contributed by atoms with Crippen LogP contribution in [0.15, 0.2) is 24.3 Å². The Balaban J connectivity index is 1.86. The van der Waals surface area contributed by atoms with Gasteiger partial charge in [-0.2, -0.15) is 0 Å². The molecule has 1 aliphatic carbocycles. The number of carboxylic acids is 1. The number of hydrogen-bond acceptors (Lipinski definition) is 3. The Labute approximate surface area is 149 Å². The van der Waals surface area contributed by atoms with Gasteiger partial charge in [0.25, 0.3) is 0 Å². The molecule has 0 spiro atoms. The number of carboxylic acid groups (broad SMARTS) is 1. The maximum absolute atomic E-state index is 12.4. The average Bonchev–Trinajstić information content (AvgIpc) is 2.58. The molecule has 5 nitrogen and oxygen atoms in total. The Morgan fingerprint density at radius 2 is 1.88 bits per heavy atom. The minimum atomic E-state index is -0.788. The van der Waals surface area contributed by atoms with Crippen LogP contribution in [0.25, 0.3) is 0 Å². The van der Waals surface area contributed by atoms with Crippen LogP contribution in [-0.4, -0.2) is 22.6 Å². The third-order valence-corrected chi connectivity index (χ3v) is 4.52. The first-order valence-electron chi connectivity index (χ1n) is 8.97. The molecule has 0 aromatic heterocycles. The number of ether oxygens (including phenoxy) is 1. The molecule has 0 saturated heterocycles. The van der Waals surface area contributed by atoms with Crippen molar-refractivity contribution in [3.8, 4) is 0 Å². The van der Waals surface area contributed by atoms with Crippen LogP contribution in [-0.2, 0) is 27.5 Å². The second-order valence-corrected chi connectivity index (χ2v) is 7.84. The Morgan fingerprint density at radius 3 is 2.56 bits per heavy atom. The summed E-state index contributed by atoms with van der Waals surface area (Å²) < 4.78 is 5.78. The number of benzene rings is 1. The molecule has 2 unspecified atom stereocenters. The minimum Gasteiger partial charge on any atom is -0.481 e. The van der Waals surface area contributed by atoms with E-state index in [0.29, 0.717) is 26.0 Å². The van der Waals surface area contributed by atoms with Gasteiger partial charge in [-0.1, -0.05) is 30.7 Å². The standard InChI is InChI=1S/C20H29NO4/c1-20(2,3)25-13-15-7-4-6-14(10-15)12-21-18(22)16-8-5-9-17(11-16)19(23)24/h4,6-7,10,16-17H,5,8-9,11-13H2,1-3H3,(H,21,22)(H,23,24). The summed E-state index contributed by atoms with van der Waals surface area (Å²) in [5, 5.41) is 12.1. The van der Waals surface area contributed by atoms with Crippen LogP contribution < -0.4 is 5.32 Å². The fourth-order valence-electron chi connectivity index (χ4n) is 3.11. The van der Waals surface area contributed by atoms with Gasteiger partial charge in [0.05, 0.1) is 18.1 Å². The van der Waals surface area contributed by atoms with E-state index in [1.165, 1.54) is 0 Å². The van der Waals surface area contributed by atoms with Crippen molar-refractivity contribution in [3.05, 3.63) is 35.4 Å². The van der Waals surface area contributed by atoms with E-state index < -0.39 is 5.97 Å². The van der Waals surface area contributed by atoms with E-state index in [9.17, 15) is 9.59 Å². The molecule has 1 fully saturated rings. The SMILES string of the molecule is CC(C)(C)OCc1cccc(CNC(=O)C2CCCC(C(=O)O)C2)c1. The molecular weight excluding hydrogens is 318 g/mol. The van der Waals surface area contributed by atoms with Crippen molar-refractivity contribution >= 4 is 11.9 Å². The number of aliphatic carboxylic acids is 1. The highest BCUT2D eigenvalue weighted by molar-refractivity contribution is 5.80. The fourth-order valence-corrected chi connectivity index (χ4v) is 3.11. The molecule has 5 heteroatoms. The molecule has 0 heterocycles. The molecule has 1 amide bonds. The molecule has 1 aliphatic rings. The summed E-state index contributed by atoms with van der Waals surface area (Å²) in [6.45, 7) is 7.05. The molecule has 1 aromatic rings. The first-order chi connectivity index (χ1) is 11.7. The Bertz CT molecular complexity index is 606. The van der Waals surface area contributed by atoms with Gasteiger partial charge < -0.3 is 15.2 Å². The molecule has 0 radical (unpaired) electrons. The number of hydrogen-bond donors (Lipinski definition) is 2. The third-order valence-electron chi connectivity index (χ3n) is 4.52. The van der Waals surface area contributed by atoms with Gasteiger partial charge in [-0.05, 0) is 51.2 Å². The van der Waals surface area contributed by atoms with Crippen molar-refractivity contribution in [1.82, 2.24) is 5.32 Å². The predicted octanol–water partition coefficient (Wildman–Crippen LogP) is 3.51. The lowest BCUT2D eigenvalue weighted by Crippen LogP contribution is -2.35. The summed E-state index contributed by atoms with van der Waals surface area (Å²) in [5.74, 6) is -1.41. The lowest BCUT2D eigenvalue weighted by molar-refractivity contribution is -0.144. The zero-order valence-electron chi connectivity index (χ0n) is 15.4. The third kappa shape index (κ3) is 6.50. The summed E-state index contributed by atoms with van der Waals surface area (Å²) in [5.41, 5.74) is 1.91. The van der Waals surface area contributed by atoms with E-state index >= 15 is 0 Å². The maximum Gasteiger partial charge on any atom is 0.306 e. The summed E-state index contributed by atoms with van der Waals surface area (Å²) in [7, 11) is 0. The second-order valence-electron chi connectivity index (χ2n) is 7.84. The van der Waals surface area contributed by atoms with Crippen molar-refractivity contribution in [2.24, 2.45) is 11.8 Å². The molecule has 1 aromatic carbocycles. The number of amides is 1. The normalized spacial score (nSPS) is 20.9. The minimum absolute atomic E-state index is 0.0395. The fraction of sp³-hybridized carbons (Fsp3) is 0.600. The number of rotatable bonds is 6. The Hall–Kier alpha value is -1.88. The van der Waals surface area contributed by atoms with E-state index in [2.05, 4.69) is 5.32 Å². The first kappa shape index (κ1) is 19.4. The van der Waals surface area contributed by atoms with E-state index in [4.69, 9.17) is 9.84 Å². The topological polar surface area (TPSA) is 75.6 Å². The second kappa shape index (κ2) is 8.48. The van der Waals surface area contributed by atoms with E-state index in [1.54, 1.807) is 0 Å². The summed E-state index contributed by atoms with van der Waals surface area (Å²) in [4.78, 5) is 23.5. The van der Waals surface area contributed by atoms with Crippen molar-refractivity contribution in [3.63, 3.8) is 0 Å². The molecule has 1 saturated carbocycles. The van der Waals surface area contributed by atoms with Crippen LogP contribution in [0.5, 0.6) is 0 Å². The predicted molar refractivity (Wildman–Crippen MR) is 95.9 cm³/mol. The number of nitrogens with one attached hydrogen (secondary N) is 1. The summed E-state index contributed by atoms with van der Waals surface area (Å²) in [6, 6.07) is 7.98. The van der Waals surface area contributed by atoms with Crippen LogP contribution in [0.3, 0.4) is 0 Å². The quantitative estimate of drug-likeness (QED) is 0.826. The van der Waals surface area contributed by atoms with E-state index in [0.717, 1.165) is 24.0 Å². The lowest BCUT2D eigenvalue weighted by Gasteiger charge is -2.25. The Morgan fingerprint density at radius 1 is 1.20 bits per heavy atom. The summed E-state index contributed by atoms with van der Waals surface area (Å²) in [6.07, 6.45) is 2.69. The largest absolute Gasteiger partial charge is 0.481 e. The van der Waals surface area contributed by atoms with Gasteiger partial charge in [-0.15, -0.1) is 0 Å². The smallest absolute Gasteiger partial charge is 0.306 e. The Kier molecular flexibility index (Phi) is 6.59. The number of carbonyl (C=O) groups excluding carboxylic acids is 1. The van der Waals surface area contributed by atoms with Crippen LogP contribution >= 0.6 is 0 Å². The highest BCUT2D eigenvalue weighted by atomic mass is 16.5. The molecule has 2 atom stereocenters. The molecule has 2 rings (SSSR count). The van der Waals surface area contributed by atoms with Crippen molar-refractivity contribution in [2.75, 3.05) is 0 Å².